The highest BCUT2D eigenvalue weighted by molar-refractivity contribution is 5.76. The van der Waals surface area contributed by atoms with Gasteiger partial charge in [-0.2, -0.15) is 0 Å². The monoisotopic (exact) mass is 238 g/mol. The van der Waals surface area contributed by atoms with Gasteiger partial charge in [-0.3, -0.25) is 4.79 Å². The molecular weight excluding hydrogens is 219 g/mol. The van der Waals surface area contributed by atoms with Crippen LogP contribution in [0.3, 0.4) is 0 Å². The van der Waals surface area contributed by atoms with Crippen LogP contribution in [-0.4, -0.2) is 12.1 Å². The van der Waals surface area contributed by atoms with Crippen molar-refractivity contribution in [3.8, 4) is 0 Å². The van der Waals surface area contributed by atoms with E-state index in [1.54, 1.807) is 12.1 Å². The standard InChI is InChI=1S/C14H19FO2/c1-10(2)17-13(16)14(3,4)9-11-5-7-12(15)8-6-11/h5-8,10H,9H2,1-4H3. The first-order valence-corrected chi connectivity index (χ1v) is 5.77. The number of hydrogen-bond donors (Lipinski definition) is 0. The molecule has 0 amide bonds. The van der Waals surface area contributed by atoms with E-state index in [2.05, 4.69) is 0 Å². The molecule has 0 fully saturated rings. The van der Waals surface area contributed by atoms with Crippen LogP contribution in [0, 0.1) is 11.2 Å². The minimum absolute atomic E-state index is 0.116. The van der Waals surface area contributed by atoms with Crippen LogP contribution in [-0.2, 0) is 16.0 Å². The van der Waals surface area contributed by atoms with Gasteiger partial charge >= 0.3 is 5.97 Å². The van der Waals surface area contributed by atoms with Gasteiger partial charge in [-0.25, -0.2) is 4.39 Å². The van der Waals surface area contributed by atoms with Crippen molar-refractivity contribution < 1.29 is 13.9 Å². The molecule has 0 atom stereocenters. The van der Waals surface area contributed by atoms with Gasteiger partial charge in [0, 0.05) is 0 Å². The van der Waals surface area contributed by atoms with Gasteiger partial charge in [0.1, 0.15) is 5.82 Å². The Kier molecular flexibility index (Phi) is 4.27. The molecule has 3 heteroatoms. The zero-order valence-electron chi connectivity index (χ0n) is 10.8. The fourth-order valence-electron chi connectivity index (χ4n) is 1.56. The molecule has 0 unspecified atom stereocenters. The van der Waals surface area contributed by atoms with Crippen LogP contribution < -0.4 is 0 Å². The van der Waals surface area contributed by atoms with E-state index in [1.165, 1.54) is 12.1 Å². The molecule has 2 nitrogen and oxygen atoms in total. The topological polar surface area (TPSA) is 26.3 Å². The first-order chi connectivity index (χ1) is 7.81. The molecule has 0 aliphatic rings. The third-order valence-electron chi connectivity index (χ3n) is 2.45. The van der Waals surface area contributed by atoms with E-state index in [0.717, 1.165) is 5.56 Å². The lowest BCUT2D eigenvalue weighted by Crippen LogP contribution is -2.30. The van der Waals surface area contributed by atoms with Crippen molar-refractivity contribution in [1.82, 2.24) is 0 Å². The number of benzene rings is 1. The van der Waals surface area contributed by atoms with Gasteiger partial charge in [-0.15, -0.1) is 0 Å². The van der Waals surface area contributed by atoms with Gasteiger partial charge in [-0.1, -0.05) is 12.1 Å². The van der Waals surface area contributed by atoms with Crippen molar-refractivity contribution >= 4 is 5.97 Å². The SMILES string of the molecule is CC(C)OC(=O)C(C)(C)Cc1ccc(F)cc1. The number of hydrogen-bond acceptors (Lipinski definition) is 2. The van der Waals surface area contributed by atoms with Gasteiger partial charge in [0.15, 0.2) is 0 Å². The second-order valence-corrected chi connectivity index (χ2v) is 5.14. The summed E-state index contributed by atoms with van der Waals surface area (Å²) in [5.41, 5.74) is 0.333. The normalized spacial score (nSPS) is 11.6. The van der Waals surface area contributed by atoms with Crippen molar-refractivity contribution in [3.63, 3.8) is 0 Å². The number of carbonyl (C=O) groups excluding carboxylic acids is 1. The van der Waals surface area contributed by atoms with Crippen LogP contribution in [0.2, 0.25) is 0 Å². The Balaban J connectivity index is 2.71. The number of ether oxygens (including phenoxy) is 1. The van der Waals surface area contributed by atoms with E-state index in [0.29, 0.717) is 6.42 Å². The average Bonchev–Trinajstić information content (AvgIpc) is 2.20. The first kappa shape index (κ1) is 13.7. The second-order valence-electron chi connectivity index (χ2n) is 5.14. The highest BCUT2D eigenvalue weighted by atomic mass is 19.1. The summed E-state index contributed by atoms with van der Waals surface area (Å²) in [7, 11) is 0. The maximum Gasteiger partial charge on any atom is 0.312 e. The Morgan fingerprint density at radius 2 is 1.82 bits per heavy atom. The Hall–Kier alpha value is -1.38. The highest BCUT2D eigenvalue weighted by Crippen LogP contribution is 2.24. The number of rotatable bonds is 4. The smallest absolute Gasteiger partial charge is 0.312 e. The molecule has 0 saturated carbocycles. The number of halogens is 1. The van der Waals surface area contributed by atoms with E-state index in [1.807, 2.05) is 27.7 Å². The van der Waals surface area contributed by atoms with E-state index >= 15 is 0 Å². The lowest BCUT2D eigenvalue weighted by Gasteiger charge is -2.24. The summed E-state index contributed by atoms with van der Waals surface area (Å²) in [6.45, 7) is 7.32. The first-order valence-electron chi connectivity index (χ1n) is 5.77. The molecule has 0 aliphatic carbocycles. The highest BCUT2D eigenvalue weighted by Gasteiger charge is 2.30. The third-order valence-corrected chi connectivity index (χ3v) is 2.45. The second kappa shape index (κ2) is 5.30. The van der Waals surface area contributed by atoms with Crippen molar-refractivity contribution in [2.45, 2.75) is 40.2 Å². The van der Waals surface area contributed by atoms with Crippen LogP contribution in [0.4, 0.5) is 4.39 Å². The lowest BCUT2D eigenvalue weighted by atomic mass is 9.86. The quantitative estimate of drug-likeness (QED) is 0.752. The zero-order chi connectivity index (χ0) is 13.1. The molecule has 0 aromatic heterocycles. The van der Waals surface area contributed by atoms with Crippen LogP contribution in [0.15, 0.2) is 24.3 Å². The Labute approximate surface area is 102 Å². The molecule has 0 heterocycles. The van der Waals surface area contributed by atoms with E-state index in [4.69, 9.17) is 4.74 Å². The molecule has 0 spiro atoms. The van der Waals surface area contributed by atoms with Crippen molar-refractivity contribution in [2.75, 3.05) is 0 Å². The summed E-state index contributed by atoms with van der Waals surface area (Å²) in [4.78, 5) is 11.9. The minimum atomic E-state index is -0.595. The molecule has 94 valence electrons. The molecule has 0 aliphatic heterocycles. The van der Waals surface area contributed by atoms with E-state index in [-0.39, 0.29) is 17.9 Å². The van der Waals surface area contributed by atoms with Gasteiger partial charge in [-0.05, 0) is 51.8 Å². The summed E-state index contributed by atoms with van der Waals surface area (Å²) >= 11 is 0. The number of esters is 1. The maximum atomic E-state index is 12.8. The van der Waals surface area contributed by atoms with Crippen molar-refractivity contribution in [1.29, 1.82) is 0 Å². The molecule has 1 aromatic rings. The van der Waals surface area contributed by atoms with E-state index in [9.17, 15) is 9.18 Å². The molecule has 0 saturated heterocycles. The van der Waals surface area contributed by atoms with Crippen LogP contribution in [0.5, 0.6) is 0 Å². The van der Waals surface area contributed by atoms with E-state index < -0.39 is 5.41 Å². The fraction of sp³-hybridized carbons (Fsp3) is 0.500. The molecule has 1 rings (SSSR count). The summed E-state index contributed by atoms with van der Waals surface area (Å²) in [6.07, 6.45) is 0.425. The summed E-state index contributed by atoms with van der Waals surface area (Å²) in [5, 5.41) is 0. The molecule has 0 N–H and O–H groups in total. The predicted molar refractivity (Wildman–Crippen MR) is 65.1 cm³/mol. The van der Waals surface area contributed by atoms with Gasteiger partial charge in [0.05, 0.1) is 11.5 Å². The lowest BCUT2D eigenvalue weighted by molar-refractivity contribution is -0.157. The van der Waals surface area contributed by atoms with Gasteiger partial charge < -0.3 is 4.74 Å². The summed E-state index contributed by atoms with van der Waals surface area (Å²) in [5.74, 6) is -0.492. The summed E-state index contributed by atoms with van der Waals surface area (Å²) in [6, 6.07) is 6.19. The fourth-order valence-corrected chi connectivity index (χ4v) is 1.56. The molecule has 0 bridgehead atoms. The minimum Gasteiger partial charge on any atom is -0.463 e. The molecule has 0 radical (unpaired) electrons. The number of carbonyl (C=O) groups is 1. The van der Waals surface area contributed by atoms with Crippen molar-refractivity contribution in [2.24, 2.45) is 5.41 Å². The Morgan fingerprint density at radius 3 is 2.29 bits per heavy atom. The maximum absolute atomic E-state index is 12.8. The van der Waals surface area contributed by atoms with Gasteiger partial charge in [0.2, 0.25) is 0 Å². The van der Waals surface area contributed by atoms with Crippen LogP contribution >= 0.6 is 0 Å². The Bertz CT molecular complexity index is 380. The third kappa shape index (κ3) is 4.17. The largest absolute Gasteiger partial charge is 0.463 e. The van der Waals surface area contributed by atoms with Gasteiger partial charge in [0.25, 0.3) is 0 Å². The zero-order valence-corrected chi connectivity index (χ0v) is 10.8. The van der Waals surface area contributed by atoms with Crippen molar-refractivity contribution in [3.05, 3.63) is 35.6 Å². The van der Waals surface area contributed by atoms with Crippen LogP contribution in [0.1, 0.15) is 33.3 Å². The predicted octanol–water partition coefficient (Wildman–Crippen LogP) is 3.35. The molecule has 17 heavy (non-hydrogen) atoms. The molecular formula is C14H19FO2. The average molecular weight is 238 g/mol. The Morgan fingerprint density at radius 1 is 1.29 bits per heavy atom. The van der Waals surface area contributed by atoms with Crippen LogP contribution in [0.25, 0.3) is 0 Å². The molecule has 1 aromatic carbocycles. The summed E-state index contributed by atoms with van der Waals surface area (Å²) < 4.78 is 18.0.